The normalized spacial score (nSPS) is 16.6. The van der Waals surface area contributed by atoms with Crippen molar-refractivity contribution in [2.75, 3.05) is 13.6 Å². The SMILES string of the molecule is CN(CC(O)C1CC1)C(=O)c1ccccc1I. The third-order valence-electron chi connectivity index (χ3n) is 3.08. The molecule has 1 amide bonds. The van der Waals surface area contributed by atoms with Gasteiger partial charge in [0.15, 0.2) is 0 Å². The van der Waals surface area contributed by atoms with Crippen LogP contribution >= 0.6 is 22.6 Å². The monoisotopic (exact) mass is 345 g/mol. The molecule has 0 radical (unpaired) electrons. The molecule has 1 fully saturated rings. The summed E-state index contributed by atoms with van der Waals surface area (Å²) in [6.07, 6.45) is 1.81. The quantitative estimate of drug-likeness (QED) is 0.850. The first-order valence-electron chi connectivity index (χ1n) is 5.77. The summed E-state index contributed by atoms with van der Waals surface area (Å²) in [5.74, 6) is 0.384. The molecule has 1 aromatic carbocycles. The van der Waals surface area contributed by atoms with Crippen LogP contribution in [-0.4, -0.2) is 35.6 Å². The Kier molecular flexibility index (Phi) is 4.04. The van der Waals surface area contributed by atoms with E-state index >= 15 is 0 Å². The van der Waals surface area contributed by atoms with E-state index in [2.05, 4.69) is 22.6 Å². The second-order valence-electron chi connectivity index (χ2n) is 4.57. The molecule has 0 saturated heterocycles. The highest BCUT2D eigenvalue weighted by Crippen LogP contribution is 2.32. The summed E-state index contributed by atoms with van der Waals surface area (Å²) in [5.41, 5.74) is 0.707. The third-order valence-corrected chi connectivity index (χ3v) is 4.02. The number of amides is 1. The largest absolute Gasteiger partial charge is 0.391 e. The van der Waals surface area contributed by atoms with Crippen molar-refractivity contribution < 1.29 is 9.90 Å². The van der Waals surface area contributed by atoms with E-state index in [0.29, 0.717) is 18.0 Å². The van der Waals surface area contributed by atoms with Crippen LogP contribution in [0.2, 0.25) is 0 Å². The maximum absolute atomic E-state index is 12.2. The minimum absolute atomic E-state index is 0.0188. The van der Waals surface area contributed by atoms with Crippen molar-refractivity contribution in [3.8, 4) is 0 Å². The van der Waals surface area contributed by atoms with Gasteiger partial charge in [0.25, 0.3) is 5.91 Å². The van der Waals surface area contributed by atoms with Gasteiger partial charge in [-0.1, -0.05) is 12.1 Å². The molecule has 2 rings (SSSR count). The van der Waals surface area contributed by atoms with E-state index in [1.54, 1.807) is 11.9 Å². The van der Waals surface area contributed by atoms with Crippen LogP contribution in [-0.2, 0) is 0 Å². The van der Waals surface area contributed by atoms with Crippen molar-refractivity contribution in [3.63, 3.8) is 0 Å². The van der Waals surface area contributed by atoms with Gasteiger partial charge in [0.1, 0.15) is 0 Å². The molecule has 1 aliphatic carbocycles. The minimum Gasteiger partial charge on any atom is -0.391 e. The van der Waals surface area contributed by atoms with Gasteiger partial charge in [-0.3, -0.25) is 4.79 Å². The van der Waals surface area contributed by atoms with Gasteiger partial charge in [0, 0.05) is 17.2 Å². The zero-order valence-electron chi connectivity index (χ0n) is 9.77. The van der Waals surface area contributed by atoms with Crippen molar-refractivity contribution >= 4 is 28.5 Å². The summed E-state index contributed by atoms with van der Waals surface area (Å²) in [6.45, 7) is 0.425. The number of hydrogen-bond acceptors (Lipinski definition) is 2. The highest BCUT2D eigenvalue weighted by molar-refractivity contribution is 14.1. The molecular weight excluding hydrogens is 329 g/mol. The predicted molar refractivity (Wildman–Crippen MR) is 74.9 cm³/mol. The van der Waals surface area contributed by atoms with Gasteiger partial charge >= 0.3 is 0 Å². The fraction of sp³-hybridized carbons (Fsp3) is 0.462. The zero-order valence-corrected chi connectivity index (χ0v) is 11.9. The van der Waals surface area contributed by atoms with Gasteiger partial charge in [-0.15, -0.1) is 0 Å². The molecule has 1 saturated carbocycles. The Morgan fingerprint density at radius 2 is 2.18 bits per heavy atom. The topological polar surface area (TPSA) is 40.5 Å². The van der Waals surface area contributed by atoms with Crippen LogP contribution < -0.4 is 0 Å². The fourth-order valence-corrected chi connectivity index (χ4v) is 2.45. The van der Waals surface area contributed by atoms with Gasteiger partial charge in [-0.25, -0.2) is 0 Å². The smallest absolute Gasteiger partial charge is 0.254 e. The molecule has 1 atom stereocenters. The molecule has 1 N–H and O–H groups in total. The number of likely N-dealkylation sites (N-methyl/N-ethyl adjacent to an activating group) is 1. The van der Waals surface area contributed by atoms with Crippen molar-refractivity contribution in [1.29, 1.82) is 0 Å². The van der Waals surface area contributed by atoms with Crippen molar-refractivity contribution in [1.82, 2.24) is 4.90 Å². The van der Waals surface area contributed by atoms with Gasteiger partial charge in [-0.05, 0) is 53.5 Å². The lowest BCUT2D eigenvalue weighted by Crippen LogP contribution is -2.35. The maximum Gasteiger partial charge on any atom is 0.254 e. The minimum atomic E-state index is -0.370. The summed E-state index contributed by atoms with van der Waals surface area (Å²) in [4.78, 5) is 13.8. The lowest BCUT2D eigenvalue weighted by molar-refractivity contribution is 0.0644. The molecule has 0 aromatic heterocycles. The molecule has 1 unspecified atom stereocenters. The molecule has 0 bridgehead atoms. The average molecular weight is 345 g/mol. The van der Waals surface area contributed by atoms with E-state index in [-0.39, 0.29) is 12.0 Å². The van der Waals surface area contributed by atoms with Crippen LogP contribution in [0.5, 0.6) is 0 Å². The lowest BCUT2D eigenvalue weighted by Gasteiger charge is -2.21. The Hall–Kier alpha value is -0.620. The van der Waals surface area contributed by atoms with Gasteiger partial charge < -0.3 is 10.0 Å². The number of carbonyl (C=O) groups excluding carboxylic acids is 1. The standard InChI is InChI=1S/C13H16INO2/c1-15(8-12(16)9-6-7-9)13(17)10-4-2-3-5-11(10)14/h2-5,9,12,16H,6-8H2,1H3. The van der Waals surface area contributed by atoms with Crippen LogP contribution in [0.3, 0.4) is 0 Å². The number of hydrogen-bond donors (Lipinski definition) is 1. The van der Waals surface area contributed by atoms with Crippen LogP contribution in [0.15, 0.2) is 24.3 Å². The molecule has 0 aliphatic heterocycles. The van der Waals surface area contributed by atoms with E-state index in [4.69, 9.17) is 0 Å². The number of halogens is 1. The molecule has 0 heterocycles. The van der Waals surface area contributed by atoms with E-state index in [1.807, 2.05) is 24.3 Å². The Balaban J connectivity index is 2.01. The molecular formula is C13H16INO2. The molecule has 92 valence electrons. The maximum atomic E-state index is 12.2. The van der Waals surface area contributed by atoms with E-state index in [9.17, 15) is 9.90 Å². The predicted octanol–water partition coefficient (Wildman–Crippen LogP) is 2.13. The van der Waals surface area contributed by atoms with Crippen molar-refractivity contribution in [2.24, 2.45) is 5.92 Å². The second kappa shape index (κ2) is 5.35. The van der Waals surface area contributed by atoms with Crippen LogP contribution in [0, 0.1) is 9.49 Å². The van der Waals surface area contributed by atoms with E-state index < -0.39 is 0 Å². The molecule has 3 nitrogen and oxygen atoms in total. The van der Waals surface area contributed by atoms with Gasteiger partial charge in [-0.2, -0.15) is 0 Å². The molecule has 0 spiro atoms. The first-order chi connectivity index (χ1) is 8.09. The van der Waals surface area contributed by atoms with Crippen LogP contribution in [0.25, 0.3) is 0 Å². The van der Waals surface area contributed by atoms with Crippen molar-refractivity contribution in [3.05, 3.63) is 33.4 Å². The van der Waals surface area contributed by atoms with E-state index in [0.717, 1.165) is 16.4 Å². The summed E-state index contributed by atoms with van der Waals surface area (Å²) in [6, 6.07) is 7.52. The zero-order chi connectivity index (χ0) is 12.4. The summed E-state index contributed by atoms with van der Waals surface area (Å²) >= 11 is 2.16. The Morgan fingerprint density at radius 1 is 1.53 bits per heavy atom. The van der Waals surface area contributed by atoms with Crippen LogP contribution in [0.1, 0.15) is 23.2 Å². The van der Waals surface area contributed by atoms with Gasteiger partial charge in [0.2, 0.25) is 0 Å². The lowest BCUT2D eigenvalue weighted by atomic mass is 10.1. The number of aliphatic hydroxyl groups is 1. The highest BCUT2D eigenvalue weighted by atomic mass is 127. The first-order valence-corrected chi connectivity index (χ1v) is 6.85. The first kappa shape index (κ1) is 12.8. The Labute approximate surface area is 115 Å². The van der Waals surface area contributed by atoms with Crippen LogP contribution in [0.4, 0.5) is 0 Å². The Morgan fingerprint density at radius 3 is 2.76 bits per heavy atom. The number of aliphatic hydroxyl groups excluding tert-OH is 1. The number of nitrogens with zero attached hydrogens (tertiary/aromatic N) is 1. The number of rotatable bonds is 4. The average Bonchev–Trinajstić information content (AvgIpc) is 3.12. The Bertz CT molecular complexity index is 418. The molecule has 4 heteroatoms. The second-order valence-corrected chi connectivity index (χ2v) is 5.73. The summed E-state index contributed by atoms with van der Waals surface area (Å²) in [7, 11) is 1.75. The fourth-order valence-electron chi connectivity index (χ4n) is 1.83. The van der Waals surface area contributed by atoms with Gasteiger partial charge in [0.05, 0.1) is 11.7 Å². The number of carbonyl (C=O) groups is 1. The molecule has 17 heavy (non-hydrogen) atoms. The number of benzene rings is 1. The summed E-state index contributed by atoms with van der Waals surface area (Å²) < 4.78 is 0.947. The molecule has 1 aliphatic rings. The van der Waals surface area contributed by atoms with E-state index in [1.165, 1.54) is 0 Å². The van der Waals surface area contributed by atoms with Crippen molar-refractivity contribution in [2.45, 2.75) is 18.9 Å². The third kappa shape index (κ3) is 3.19. The highest BCUT2D eigenvalue weighted by Gasteiger charge is 2.31. The summed E-state index contributed by atoms with van der Waals surface area (Å²) in [5, 5.41) is 9.83. The molecule has 1 aromatic rings.